The van der Waals surface area contributed by atoms with Crippen molar-refractivity contribution in [1.29, 1.82) is 0 Å². The van der Waals surface area contributed by atoms with Gasteiger partial charge in [0.1, 0.15) is 5.82 Å². The number of anilines is 1. The van der Waals surface area contributed by atoms with E-state index in [0.717, 1.165) is 34.6 Å². The minimum atomic E-state index is 0.317. The number of hydrogen-bond donors (Lipinski definition) is 2. The fourth-order valence-corrected chi connectivity index (χ4v) is 2.15. The molecule has 5 nitrogen and oxygen atoms in total. The third-order valence-corrected chi connectivity index (χ3v) is 3.01. The number of rotatable bonds is 3. The second-order valence-electron chi connectivity index (χ2n) is 4.75. The van der Waals surface area contributed by atoms with Crippen molar-refractivity contribution in [2.24, 2.45) is 0 Å². The molecule has 0 aliphatic rings. The fraction of sp³-hybridized carbons (Fsp3) is 0.462. The van der Waals surface area contributed by atoms with Crippen LogP contribution in [0, 0.1) is 6.92 Å². The molecule has 0 saturated heterocycles. The first kappa shape index (κ1) is 12.5. The van der Waals surface area contributed by atoms with Crippen molar-refractivity contribution in [1.82, 2.24) is 20.4 Å². The molecule has 0 amide bonds. The predicted molar refractivity (Wildman–Crippen MR) is 72.2 cm³/mol. The minimum Gasteiger partial charge on any atom is -0.382 e. The second kappa shape index (κ2) is 4.76. The number of aromatic amines is 1. The number of aromatic nitrogens is 4. The molecule has 2 heterocycles. The molecular formula is C13H19N5. The molecule has 2 rings (SSSR count). The average Bonchev–Trinajstić information content (AvgIpc) is 2.71. The number of nitrogen functional groups attached to an aromatic ring is 1. The Morgan fingerprint density at radius 3 is 2.67 bits per heavy atom. The zero-order valence-electron chi connectivity index (χ0n) is 11.3. The monoisotopic (exact) mass is 245 g/mol. The van der Waals surface area contributed by atoms with Gasteiger partial charge in [-0.15, -0.1) is 0 Å². The van der Waals surface area contributed by atoms with Crippen LogP contribution in [0.25, 0.3) is 11.3 Å². The average molecular weight is 245 g/mol. The molecule has 0 saturated carbocycles. The Morgan fingerprint density at radius 1 is 1.33 bits per heavy atom. The second-order valence-corrected chi connectivity index (χ2v) is 4.75. The number of nitrogens with zero attached hydrogens (tertiary/aromatic N) is 3. The number of nitrogens with one attached hydrogen (secondary N) is 1. The third-order valence-electron chi connectivity index (χ3n) is 3.01. The molecule has 0 radical (unpaired) electrons. The molecule has 96 valence electrons. The Morgan fingerprint density at radius 2 is 2.06 bits per heavy atom. The van der Waals surface area contributed by atoms with E-state index in [1.54, 1.807) is 0 Å². The smallest absolute Gasteiger partial charge is 0.149 e. The van der Waals surface area contributed by atoms with Crippen molar-refractivity contribution in [2.75, 3.05) is 5.73 Å². The van der Waals surface area contributed by atoms with Gasteiger partial charge in [-0.25, -0.2) is 0 Å². The van der Waals surface area contributed by atoms with E-state index in [0.29, 0.717) is 11.7 Å². The van der Waals surface area contributed by atoms with Crippen LogP contribution in [0.3, 0.4) is 0 Å². The van der Waals surface area contributed by atoms with Crippen molar-refractivity contribution in [3.63, 3.8) is 0 Å². The quantitative estimate of drug-likeness (QED) is 0.870. The van der Waals surface area contributed by atoms with E-state index in [4.69, 9.17) is 5.73 Å². The molecule has 5 heteroatoms. The number of nitrogens with two attached hydrogens (primary N) is 1. The predicted octanol–water partition coefficient (Wildman–Crippen LogP) is 2.44. The van der Waals surface area contributed by atoms with E-state index < -0.39 is 0 Å². The highest BCUT2D eigenvalue weighted by Crippen LogP contribution is 2.32. The van der Waals surface area contributed by atoms with Crippen LogP contribution in [0.4, 0.5) is 5.82 Å². The molecule has 18 heavy (non-hydrogen) atoms. The van der Waals surface area contributed by atoms with E-state index in [-0.39, 0.29) is 0 Å². The van der Waals surface area contributed by atoms with Crippen LogP contribution in [-0.2, 0) is 6.42 Å². The van der Waals surface area contributed by atoms with E-state index in [9.17, 15) is 0 Å². The van der Waals surface area contributed by atoms with Crippen molar-refractivity contribution in [2.45, 2.75) is 40.0 Å². The van der Waals surface area contributed by atoms with Gasteiger partial charge >= 0.3 is 0 Å². The molecule has 0 aliphatic heterocycles. The Hall–Kier alpha value is -1.91. The van der Waals surface area contributed by atoms with Crippen LogP contribution in [0.15, 0.2) is 6.07 Å². The van der Waals surface area contributed by atoms with E-state index >= 15 is 0 Å². The molecule has 0 bridgehead atoms. The summed E-state index contributed by atoms with van der Waals surface area (Å²) in [5.74, 6) is 0.883. The van der Waals surface area contributed by atoms with Crippen LogP contribution >= 0.6 is 0 Å². The molecule has 0 fully saturated rings. The Balaban J connectivity index is 2.65. The highest BCUT2D eigenvalue weighted by molar-refractivity contribution is 5.70. The SMILES string of the molecule is CCc1nnc(C)cc1-c1[nH]nc(N)c1C(C)C. The summed E-state index contributed by atoms with van der Waals surface area (Å²) >= 11 is 0. The fourth-order valence-electron chi connectivity index (χ4n) is 2.15. The lowest BCUT2D eigenvalue weighted by Crippen LogP contribution is -2.01. The van der Waals surface area contributed by atoms with Crippen LogP contribution < -0.4 is 5.73 Å². The summed E-state index contributed by atoms with van der Waals surface area (Å²) in [5, 5.41) is 15.5. The normalized spacial score (nSPS) is 11.2. The third kappa shape index (κ3) is 2.08. The Kier molecular flexibility index (Phi) is 3.32. The van der Waals surface area contributed by atoms with Gasteiger partial charge in [-0.05, 0) is 25.3 Å². The minimum absolute atomic E-state index is 0.317. The molecule has 0 atom stereocenters. The first-order chi connectivity index (χ1) is 8.54. The van der Waals surface area contributed by atoms with Crippen LogP contribution in [-0.4, -0.2) is 20.4 Å². The molecule has 0 aromatic carbocycles. The van der Waals surface area contributed by atoms with Gasteiger partial charge in [0.15, 0.2) is 0 Å². The van der Waals surface area contributed by atoms with E-state index in [1.165, 1.54) is 0 Å². The topological polar surface area (TPSA) is 80.5 Å². The van der Waals surface area contributed by atoms with Crippen molar-refractivity contribution >= 4 is 5.82 Å². The Labute approximate surface area is 107 Å². The molecule has 0 spiro atoms. The summed E-state index contributed by atoms with van der Waals surface area (Å²) in [4.78, 5) is 0. The lowest BCUT2D eigenvalue weighted by molar-refractivity contribution is 0.865. The summed E-state index contributed by atoms with van der Waals surface area (Å²) in [7, 11) is 0. The summed E-state index contributed by atoms with van der Waals surface area (Å²) in [6.45, 7) is 8.22. The first-order valence-corrected chi connectivity index (χ1v) is 6.21. The van der Waals surface area contributed by atoms with Gasteiger partial charge in [0, 0.05) is 11.1 Å². The van der Waals surface area contributed by atoms with Crippen LogP contribution in [0.1, 0.15) is 43.6 Å². The largest absolute Gasteiger partial charge is 0.382 e. The molecule has 2 aromatic rings. The van der Waals surface area contributed by atoms with E-state index in [2.05, 4.69) is 41.2 Å². The van der Waals surface area contributed by atoms with E-state index in [1.807, 2.05) is 13.0 Å². The lowest BCUT2D eigenvalue weighted by atomic mass is 9.97. The molecule has 2 aromatic heterocycles. The van der Waals surface area contributed by atoms with Gasteiger partial charge in [0.05, 0.1) is 17.1 Å². The Bertz CT molecular complexity index is 557. The number of H-pyrrole nitrogens is 1. The summed E-state index contributed by atoms with van der Waals surface area (Å²) in [5.41, 5.74) is 10.9. The maximum Gasteiger partial charge on any atom is 0.149 e. The highest BCUT2D eigenvalue weighted by atomic mass is 15.2. The van der Waals surface area contributed by atoms with Gasteiger partial charge < -0.3 is 5.73 Å². The van der Waals surface area contributed by atoms with Crippen LogP contribution in [0.5, 0.6) is 0 Å². The van der Waals surface area contributed by atoms with Gasteiger partial charge in [-0.2, -0.15) is 15.3 Å². The van der Waals surface area contributed by atoms with Crippen molar-refractivity contribution in [3.05, 3.63) is 23.0 Å². The van der Waals surface area contributed by atoms with Gasteiger partial charge in [-0.3, -0.25) is 5.10 Å². The number of aryl methyl sites for hydroxylation is 2. The molecule has 3 N–H and O–H groups in total. The van der Waals surface area contributed by atoms with Gasteiger partial charge in [0.25, 0.3) is 0 Å². The molecular weight excluding hydrogens is 226 g/mol. The first-order valence-electron chi connectivity index (χ1n) is 6.21. The maximum absolute atomic E-state index is 5.93. The summed E-state index contributed by atoms with van der Waals surface area (Å²) in [6.07, 6.45) is 0.832. The molecule has 0 unspecified atom stereocenters. The number of hydrogen-bond acceptors (Lipinski definition) is 4. The maximum atomic E-state index is 5.93. The zero-order chi connectivity index (χ0) is 13.3. The lowest BCUT2D eigenvalue weighted by Gasteiger charge is -2.10. The molecule has 0 aliphatic carbocycles. The standard InChI is InChI=1S/C13H19N5/c1-5-10-9(6-8(4)15-16-10)12-11(7(2)3)13(14)18-17-12/h6-7H,5H2,1-4H3,(H3,14,17,18). The zero-order valence-corrected chi connectivity index (χ0v) is 11.3. The van der Waals surface area contributed by atoms with Gasteiger partial charge in [0.2, 0.25) is 0 Å². The van der Waals surface area contributed by atoms with Crippen molar-refractivity contribution < 1.29 is 0 Å². The van der Waals surface area contributed by atoms with Crippen LogP contribution in [0.2, 0.25) is 0 Å². The van der Waals surface area contributed by atoms with Crippen molar-refractivity contribution in [3.8, 4) is 11.3 Å². The highest BCUT2D eigenvalue weighted by Gasteiger charge is 2.18. The summed E-state index contributed by atoms with van der Waals surface area (Å²) < 4.78 is 0. The summed E-state index contributed by atoms with van der Waals surface area (Å²) in [6, 6.07) is 2.03. The van der Waals surface area contributed by atoms with Gasteiger partial charge in [-0.1, -0.05) is 20.8 Å².